The molecule has 6 nitrogen and oxygen atoms in total. The largest absolute Gasteiger partial charge is 0.493 e. The summed E-state index contributed by atoms with van der Waals surface area (Å²) in [5.41, 5.74) is 0.988. The van der Waals surface area contributed by atoms with Gasteiger partial charge in [0.05, 0.1) is 27.9 Å². The molecule has 1 aliphatic heterocycles. The van der Waals surface area contributed by atoms with Crippen molar-refractivity contribution >= 4 is 29.9 Å². The molecule has 2 atom stereocenters. The van der Waals surface area contributed by atoms with Crippen LogP contribution >= 0.6 is 24.0 Å². The second kappa shape index (κ2) is 11.0. The molecular weight excluding hydrogens is 469 g/mol. The molecule has 1 aromatic rings. The maximum atomic E-state index is 5.60. The van der Waals surface area contributed by atoms with Gasteiger partial charge in [-0.1, -0.05) is 12.8 Å². The second-order valence-electron chi connectivity index (χ2n) is 7.37. The number of halogens is 1. The van der Waals surface area contributed by atoms with Crippen molar-refractivity contribution < 1.29 is 14.2 Å². The van der Waals surface area contributed by atoms with Crippen molar-refractivity contribution in [1.29, 1.82) is 0 Å². The van der Waals surface area contributed by atoms with Gasteiger partial charge in [0.1, 0.15) is 0 Å². The summed E-state index contributed by atoms with van der Waals surface area (Å²) in [5.74, 6) is 4.63. The molecule has 1 aliphatic carbocycles. The Bertz CT molecular complexity index is 655. The molecule has 0 radical (unpaired) electrons. The smallest absolute Gasteiger partial charge is 0.203 e. The highest BCUT2D eigenvalue weighted by Gasteiger charge is 2.35. The quantitative estimate of drug-likeness (QED) is 0.363. The minimum absolute atomic E-state index is 0. The number of rotatable bonds is 6. The Hall–Kier alpha value is -1.38. The van der Waals surface area contributed by atoms with Crippen LogP contribution in [0.3, 0.4) is 0 Å². The van der Waals surface area contributed by atoms with Gasteiger partial charge in [0, 0.05) is 25.2 Å². The van der Waals surface area contributed by atoms with Gasteiger partial charge in [-0.3, -0.25) is 0 Å². The molecule has 1 saturated heterocycles. The predicted octanol–water partition coefficient (Wildman–Crippen LogP) is 3.92. The molecule has 3 rings (SSSR count). The van der Waals surface area contributed by atoms with Crippen LogP contribution in [0.15, 0.2) is 17.1 Å². The average Bonchev–Trinajstić information content (AvgIpc) is 3.14. The van der Waals surface area contributed by atoms with E-state index in [2.05, 4.69) is 17.1 Å². The van der Waals surface area contributed by atoms with E-state index >= 15 is 0 Å². The van der Waals surface area contributed by atoms with E-state index in [1.165, 1.54) is 25.7 Å². The van der Waals surface area contributed by atoms with E-state index in [0.717, 1.165) is 43.0 Å². The molecule has 1 heterocycles. The maximum Gasteiger partial charge on any atom is 0.203 e. The average molecular weight is 503 g/mol. The van der Waals surface area contributed by atoms with Gasteiger partial charge in [-0.25, -0.2) is 4.99 Å². The third-order valence-electron chi connectivity index (χ3n) is 5.80. The first kappa shape index (κ1) is 22.9. The van der Waals surface area contributed by atoms with Crippen molar-refractivity contribution in [3.05, 3.63) is 17.7 Å². The minimum Gasteiger partial charge on any atom is -0.493 e. The summed E-state index contributed by atoms with van der Waals surface area (Å²) >= 11 is 0. The van der Waals surface area contributed by atoms with Crippen LogP contribution in [0.1, 0.15) is 38.2 Å². The van der Waals surface area contributed by atoms with Crippen molar-refractivity contribution in [2.24, 2.45) is 16.8 Å². The molecule has 1 saturated carbocycles. The number of ether oxygens (including phenoxy) is 3. The molecule has 0 spiro atoms. The van der Waals surface area contributed by atoms with Crippen LogP contribution < -0.4 is 19.5 Å². The SMILES string of the molecule is CCNC(=NCc1ccc(OC)c(OC)c1OC)N1CC2CCCCC2C1.I. The Balaban J connectivity index is 0.00000280. The first-order chi connectivity index (χ1) is 13.2. The number of methoxy groups -OCH3 is 3. The number of nitrogens with zero attached hydrogens (tertiary/aromatic N) is 2. The third-order valence-corrected chi connectivity index (χ3v) is 5.80. The van der Waals surface area contributed by atoms with E-state index in [0.29, 0.717) is 23.8 Å². The lowest BCUT2D eigenvalue weighted by Crippen LogP contribution is -2.40. The molecule has 0 amide bonds. The van der Waals surface area contributed by atoms with Gasteiger partial charge in [-0.15, -0.1) is 24.0 Å². The highest BCUT2D eigenvalue weighted by molar-refractivity contribution is 14.0. The Kier molecular flexibility index (Phi) is 8.98. The van der Waals surface area contributed by atoms with Crippen molar-refractivity contribution in [2.75, 3.05) is 41.0 Å². The van der Waals surface area contributed by atoms with E-state index in [4.69, 9.17) is 19.2 Å². The van der Waals surface area contributed by atoms with Crippen molar-refractivity contribution in [3.63, 3.8) is 0 Å². The van der Waals surface area contributed by atoms with Crippen molar-refractivity contribution in [2.45, 2.75) is 39.2 Å². The summed E-state index contributed by atoms with van der Waals surface area (Å²) in [4.78, 5) is 7.36. The summed E-state index contributed by atoms with van der Waals surface area (Å²) in [6.45, 7) is 5.78. The normalized spacial score (nSPS) is 21.6. The van der Waals surface area contributed by atoms with Crippen LogP contribution in [-0.2, 0) is 6.54 Å². The summed E-state index contributed by atoms with van der Waals surface area (Å²) in [6.07, 6.45) is 5.49. The molecule has 1 N–H and O–H groups in total. The van der Waals surface area contributed by atoms with Gasteiger partial charge < -0.3 is 24.4 Å². The molecule has 28 heavy (non-hydrogen) atoms. The fraction of sp³-hybridized carbons (Fsp3) is 0.667. The standard InChI is InChI=1S/C21H33N3O3.HI/c1-5-22-21(24-13-16-8-6-7-9-17(16)14-24)23-12-15-10-11-18(25-2)20(27-4)19(15)26-3;/h10-11,16-17H,5-9,12-14H2,1-4H3,(H,22,23);1H. The van der Waals surface area contributed by atoms with Gasteiger partial charge in [-0.05, 0) is 43.7 Å². The number of fused-ring (bicyclic) bond motifs is 1. The third kappa shape index (κ3) is 4.96. The van der Waals surface area contributed by atoms with E-state index in [1.807, 2.05) is 12.1 Å². The summed E-state index contributed by atoms with van der Waals surface area (Å²) < 4.78 is 16.5. The van der Waals surface area contributed by atoms with Crippen LogP contribution in [0.5, 0.6) is 17.2 Å². The molecular formula is C21H34IN3O3. The molecule has 2 fully saturated rings. The maximum absolute atomic E-state index is 5.60. The Labute approximate surface area is 186 Å². The monoisotopic (exact) mass is 503 g/mol. The Morgan fingerprint density at radius 1 is 1.04 bits per heavy atom. The lowest BCUT2D eigenvalue weighted by Gasteiger charge is -2.22. The zero-order chi connectivity index (χ0) is 19.2. The molecule has 1 aromatic carbocycles. The summed E-state index contributed by atoms with van der Waals surface area (Å²) in [5, 5.41) is 3.47. The number of likely N-dealkylation sites (tertiary alicyclic amines) is 1. The van der Waals surface area contributed by atoms with Crippen molar-refractivity contribution in [1.82, 2.24) is 10.2 Å². The number of aliphatic imine (C=N–C) groups is 1. The van der Waals surface area contributed by atoms with Crippen LogP contribution in [0.2, 0.25) is 0 Å². The lowest BCUT2D eigenvalue weighted by molar-refractivity contribution is 0.299. The number of hydrogen-bond donors (Lipinski definition) is 1. The molecule has 2 unspecified atom stereocenters. The Morgan fingerprint density at radius 2 is 1.68 bits per heavy atom. The molecule has 158 valence electrons. The fourth-order valence-corrected chi connectivity index (χ4v) is 4.45. The molecule has 0 aromatic heterocycles. The zero-order valence-corrected chi connectivity index (χ0v) is 19.8. The molecule has 0 bridgehead atoms. The van der Waals surface area contributed by atoms with Gasteiger partial charge in [-0.2, -0.15) is 0 Å². The van der Waals surface area contributed by atoms with E-state index in [-0.39, 0.29) is 24.0 Å². The van der Waals surface area contributed by atoms with Crippen LogP contribution in [0.25, 0.3) is 0 Å². The molecule has 7 heteroatoms. The summed E-state index contributed by atoms with van der Waals surface area (Å²) in [7, 11) is 4.91. The number of guanidine groups is 1. The van der Waals surface area contributed by atoms with Gasteiger partial charge in [0.25, 0.3) is 0 Å². The number of nitrogens with one attached hydrogen (secondary N) is 1. The first-order valence-corrected chi connectivity index (χ1v) is 10.0. The Morgan fingerprint density at radius 3 is 2.21 bits per heavy atom. The highest BCUT2D eigenvalue weighted by Crippen LogP contribution is 2.40. The second-order valence-corrected chi connectivity index (χ2v) is 7.37. The predicted molar refractivity (Wildman–Crippen MR) is 123 cm³/mol. The van der Waals surface area contributed by atoms with Gasteiger partial charge in [0.15, 0.2) is 17.5 Å². The number of hydrogen-bond acceptors (Lipinski definition) is 4. The summed E-state index contributed by atoms with van der Waals surface area (Å²) in [6, 6.07) is 3.90. The van der Waals surface area contributed by atoms with Crippen LogP contribution in [-0.4, -0.2) is 51.8 Å². The number of benzene rings is 1. The van der Waals surface area contributed by atoms with E-state index < -0.39 is 0 Å². The highest BCUT2D eigenvalue weighted by atomic mass is 127. The van der Waals surface area contributed by atoms with E-state index in [9.17, 15) is 0 Å². The fourth-order valence-electron chi connectivity index (χ4n) is 4.45. The van der Waals surface area contributed by atoms with E-state index in [1.54, 1.807) is 21.3 Å². The van der Waals surface area contributed by atoms with Gasteiger partial charge in [0.2, 0.25) is 5.75 Å². The molecule has 2 aliphatic rings. The zero-order valence-electron chi connectivity index (χ0n) is 17.5. The van der Waals surface area contributed by atoms with Crippen LogP contribution in [0, 0.1) is 11.8 Å². The van der Waals surface area contributed by atoms with Crippen molar-refractivity contribution in [3.8, 4) is 17.2 Å². The van der Waals surface area contributed by atoms with Gasteiger partial charge >= 0.3 is 0 Å². The lowest BCUT2D eigenvalue weighted by atomic mass is 9.82. The van der Waals surface area contributed by atoms with Crippen LogP contribution in [0.4, 0.5) is 0 Å². The topological polar surface area (TPSA) is 55.3 Å². The first-order valence-electron chi connectivity index (χ1n) is 10.0. The minimum atomic E-state index is 0.